The van der Waals surface area contributed by atoms with Gasteiger partial charge >= 0.3 is 814 Å². The molecule has 0 radical (unpaired) electrons. The van der Waals surface area contributed by atoms with Gasteiger partial charge in [0.25, 0.3) is 0 Å². The average Bonchev–Trinajstić information content (AvgIpc) is 2.94. The van der Waals surface area contributed by atoms with Gasteiger partial charge in [0.05, 0.1) is 5.91 Å². The standard InChI is InChI=1S/C14H11N4O.C2H6.CH3.19Rb.2H/c1-9-14(19)17-11-7-8-12(18-13(11)15-9)16-10-5-3-2-4-6-10;1-2;;;;;;;;;;;;;;;;;;;;;;/h2-6,8-9H,1H3,(H-2,15,16,17,18,19);1-2H3;1H3;;;;;;;;;;;;;;;;;;;;;/q-3;;-1;;;;;;;;;;;;;7*+1;2*-1/p-1/t9-;;;;;;;;;;;;;;;;;;;;;;;/m1......................./s1. The Labute approximate surface area is 893 Å². The van der Waals surface area contributed by atoms with E-state index in [9.17, 15) is 4.79 Å². The number of rotatable bonds is 2. The van der Waals surface area contributed by atoms with Gasteiger partial charge in [-0.2, -0.15) is 17.7 Å². The van der Waals surface area contributed by atoms with Crippen molar-refractivity contribution in [2.45, 2.75) is 26.8 Å². The van der Waals surface area contributed by atoms with E-state index in [1.54, 1.807) is 13.0 Å². The molecular weight excluding hydrogens is 1900 g/mol. The van der Waals surface area contributed by atoms with Crippen molar-refractivity contribution in [2.24, 2.45) is 0 Å². The molecule has 1 aliphatic rings. The van der Waals surface area contributed by atoms with Crippen molar-refractivity contribution in [1.29, 1.82) is 0 Å². The predicted molar refractivity (Wildman–Crippen MR) is 162 cm³/mol. The summed E-state index contributed by atoms with van der Waals surface area (Å²) in [5.41, 5.74) is 1.19. The van der Waals surface area contributed by atoms with Gasteiger partial charge in [0, 0.05) is 0 Å². The third-order valence-corrected chi connectivity index (χ3v) is 2.67. The second kappa shape index (κ2) is 97.3. The van der Waals surface area contributed by atoms with Gasteiger partial charge < -0.3 is 36.0 Å². The van der Waals surface area contributed by atoms with E-state index in [0.29, 0.717) is 17.3 Å². The van der Waals surface area contributed by atoms with E-state index in [1.165, 1.54) is 0 Å². The van der Waals surface area contributed by atoms with E-state index in [1.807, 2.05) is 44.2 Å². The maximum atomic E-state index is 11.4. The summed E-state index contributed by atoms with van der Waals surface area (Å²) >= 11 is 13.9. The van der Waals surface area contributed by atoms with E-state index in [-0.39, 0.29) is 423 Å². The zero-order valence-electron chi connectivity index (χ0n) is 34.2. The second-order valence-electron chi connectivity index (χ2n) is 4.13. The summed E-state index contributed by atoms with van der Waals surface area (Å²) in [6.07, 6.45) is 0. The molecule has 1 amide bonds. The Morgan fingerprint density at radius 1 is 0.756 bits per heavy atom. The summed E-state index contributed by atoms with van der Waals surface area (Å²) in [6, 6.07) is 13.5. The number of amides is 1. The summed E-state index contributed by atoms with van der Waals surface area (Å²) in [4.78, 5) is 15.7. The molecule has 0 N–H and O–H groups in total. The first-order chi connectivity index (χ1) is 16.2. The van der Waals surface area contributed by atoms with Gasteiger partial charge in [0.1, 0.15) is 0 Å². The Morgan fingerprint density at radius 3 is 1.49 bits per heavy atom. The molecule has 0 bridgehead atoms. The molecule has 3 rings (SSSR count). The van der Waals surface area contributed by atoms with Crippen LogP contribution in [0.1, 0.15) is 23.6 Å². The van der Waals surface area contributed by atoms with E-state index in [4.69, 9.17) is 0 Å². The Kier molecular flexibility index (Phi) is 249. The van der Waals surface area contributed by atoms with Crippen molar-refractivity contribution in [2.75, 3.05) is 0 Å². The van der Waals surface area contributed by atoms with E-state index in [0.717, 1.165) is 412 Å². The normalized spacial score (nSPS) is 9.24. The Hall–Kier alpha value is 31.7. The van der Waals surface area contributed by atoms with Crippen LogP contribution in [0.25, 0.3) is 16.0 Å². The van der Waals surface area contributed by atoms with Gasteiger partial charge in [-0.25, -0.2) is 6.07 Å². The number of hydrogen-bond donors (Lipinski definition) is 0. The number of carbonyl (C=O) groups excluding carboxylic acids is 1. The first-order valence-corrected chi connectivity index (χ1v) is 217. The van der Waals surface area contributed by atoms with Gasteiger partial charge in [-0.3, -0.25) is 5.69 Å². The summed E-state index contributed by atoms with van der Waals surface area (Å²) in [5, 5.41) is 12.4. The number of fused-ring (bicyclic) bond motifs is 1. The van der Waals surface area contributed by atoms with Gasteiger partial charge in [0.2, 0.25) is 0 Å². The molecule has 2 heterocycles. The summed E-state index contributed by atoms with van der Waals surface area (Å²) in [6.45, 7) is 5.69. The fourth-order valence-corrected chi connectivity index (χ4v) is 1.70. The fourth-order valence-electron chi connectivity index (χ4n) is 1.70. The molecular formula is C17H21N4ORb19. The number of nitrogens with zero attached hydrogens (tertiary/aromatic N) is 4. The van der Waals surface area contributed by atoms with Crippen LogP contribution in [-0.2, 0) is 4.79 Å². The van der Waals surface area contributed by atoms with Crippen molar-refractivity contribution in [3.63, 3.8) is 0 Å². The third kappa shape index (κ3) is 73.8. The number of hydrogen-bond acceptors (Lipinski definition) is 2. The van der Waals surface area contributed by atoms with Crippen molar-refractivity contribution >= 4 is 435 Å². The molecule has 2 aromatic rings. The zero-order valence-corrected chi connectivity index (χ0v) is 126. The molecule has 0 unspecified atom stereocenters. The summed E-state index contributed by atoms with van der Waals surface area (Å²) < 4.78 is 0. The van der Waals surface area contributed by atoms with E-state index in [2.05, 4.69) is 27.0 Å². The fraction of sp³-hybridized carbons (Fsp3) is 0.235. The number of carbonyl (C=O) groups is 1. The van der Waals surface area contributed by atoms with Crippen LogP contribution in [-0.4, -0.2) is 423 Å². The van der Waals surface area contributed by atoms with Crippen LogP contribution in [0.3, 0.4) is 0 Å². The molecule has 41 heavy (non-hydrogen) atoms. The van der Waals surface area contributed by atoms with Crippen molar-refractivity contribution in [3.05, 3.63) is 65.8 Å². The topological polar surface area (TPSA) is 72.3 Å². The number of para-hydroxylation sites is 1. The van der Waals surface area contributed by atoms with E-state index < -0.39 is 6.04 Å². The molecule has 1 aliphatic heterocycles. The van der Waals surface area contributed by atoms with Crippen LogP contribution in [0, 0.1) is 13.5 Å². The Morgan fingerprint density at radius 2 is 1.12 bits per heavy atom. The molecule has 5 nitrogen and oxygen atoms in total. The van der Waals surface area contributed by atoms with Crippen molar-refractivity contribution in [3.8, 4) is 0 Å². The minimum atomic E-state index is -0.486. The van der Waals surface area contributed by atoms with Crippen LogP contribution in [0.5, 0.6) is 0 Å². The Balaban J connectivity index is -0.0000000225. The monoisotopic (exact) mass is 1910 g/mol. The number of benzene rings is 1. The van der Waals surface area contributed by atoms with Crippen LogP contribution < -0.4 is 407 Å². The SMILES string of the molecule is CC.C[C@H]1[N-]c2nc([N-]c3ccccc3)c[c-]c2[N-]C1=O.[CH3-].[H-].[H-].[Rb+].[Rb+].[Rb+].[Rb+].[Rb+].[Rb+].[Rb+].[Rb][Rb].[Rb][Rb].[Rb][Rb].[Rb][Rb].[Rb][Rb].[Rb][Rb]. The average molecular weight is 1920 g/mol. The van der Waals surface area contributed by atoms with Gasteiger partial charge in [-0.15, -0.1) is 0 Å². The quantitative estimate of drug-likeness (QED) is 0.281. The molecule has 0 aliphatic carbocycles. The molecule has 134 valence electrons. The molecule has 0 saturated heterocycles. The molecule has 0 spiro atoms. The number of pyridine rings is 1. The van der Waals surface area contributed by atoms with Crippen LogP contribution >= 0.6 is 0 Å². The molecule has 1 aromatic carbocycles. The summed E-state index contributed by atoms with van der Waals surface area (Å²) in [5.74, 6) is 0.660. The van der Waals surface area contributed by atoms with Crippen LogP contribution in [0.15, 0.2) is 36.4 Å². The zero-order chi connectivity index (χ0) is 27.2. The molecule has 1 atom stereocenters. The van der Waals surface area contributed by atoms with Gasteiger partial charge in [-0.05, 0) is 6.04 Å². The maximum absolute atomic E-state index is 11.4. The third-order valence-electron chi connectivity index (χ3n) is 2.67. The van der Waals surface area contributed by atoms with Crippen molar-refractivity contribution in [1.82, 2.24) is 4.98 Å². The summed E-state index contributed by atoms with van der Waals surface area (Å²) in [7, 11) is 0. The molecule has 0 fully saturated rings. The first-order valence-electron chi connectivity index (χ1n) is 12.9. The van der Waals surface area contributed by atoms with Crippen LogP contribution in [0.4, 0.5) is 23.0 Å². The van der Waals surface area contributed by atoms with Crippen LogP contribution in [0.2, 0.25) is 0 Å². The minimum absolute atomic E-state index is 0. The first kappa shape index (κ1) is 105. The molecule has 24 heteroatoms. The Bertz CT molecular complexity index is 666. The second-order valence-corrected chi connectivity index (χ2v) is 4.13. The predicted octanol–water partition coefficient (Wildman–Crippen LogP) is -19.7. The molecule has 1 aromatic heterocycles. The molecule has 0 saturated carbocycles. The van der Waals surface area contributed by atoms with Gasteiger partial charge in [0.15, 0.2) is 0 Å². The van der Waals surface area contributed by atoms with Crippen molar-refractivity contribution < 1.29 is 415 Å². The van der Waals surface area contributed by atoms with Gasteiger partial charge in [-0.1, -0.05) is 56.8 Å². The van der Waals surface area contributed by atoms with E-state index >= 15 is 0 Å². The number of aromatic nitrogens is 1.